The molecule has 1 atom stereocenters. The second kappa shape index (κ2) is 8.97. The SMILES string of the molecule is O=C1N/C(=C\c2cnn3c(Nc4cccc(C(=O)O)c4)cc(Nc4cccc(Cl)c4)nc23)C(O)N1. The van der Waals surface area contributed by atoms with Gasteiger partial charge in [-0.3, -0.25) is 0 Å². The number of hydrogen-bond donors (Lipinski definition) is 6. The molecule has 6 N–H and O–H groups in total. The molecule has 11 nitrogen and oxygen atoms in total. The van der Waals surface area contributed by atoms with Crippen LogP contribution < -0.4 is 21.3 Å². The zero-order valence-corrected chi connectivity index (χ0v) is 18.6. The highest BCUT2D eigenvalue weighted by molar-refractivity contribution is 6.30. The number of halogens is 1. The number of amides is 2. The predicted octanol–water partition coefficient (Wildman–Crippen LogP) is 3.54. The Hall–Kier alpha value is -4.61. The topological polar surface area (TPSA) is 153 Å². The van der Waals surface area contributed by atoms with E-state index in [1.54, 1.807) is 42.5 Å². The van der Waals surface area contributed by atoms with Gasteiger partial charge < -0.3 is 31.5 Å². The van der Waals surface area contributed by atoms with Gasteiger partial charge in [0.15, 0.2) is 11.9 Å². The molecule has 35 heavy (non-hydrogen) atoms. The number of fused-ring (bicyclic) bond motifs is 1. The molecule has 2 amide bonds. The minimum atomic E-state index is -1.18. The van der Waals surface area contributed by atoms with Gasteiger partial charge in [-0.1, -0.05) is 23.7 Å². The van der Waals surface area contributed by atoms with Crippen molar-refractivity contribution < 1.29 is 19.8 Å². The summed E-state index contributed by atoms with van der Waals surface area (Å²) in [6.45, 7) is 0. The Kier molecular flexibility index (Phi) is 5.69. The highest BCUT2D eigenvalue weighted by atomic mass is 35.5. The van der Waals surface area contributed by atoms with Crippen LogP contribution in [-0.2, 0) is 0 Å². The van der Waals surface area contributed by atoms with Gasteiger partial charge in [-0.15, -0.1) is 0 Å². The van der Waals surface area contributed by atoms with Crippen molar-refractivity contribution in [1.29, 1.82) is 0 Å². The van der Waals surface area contributed by atoms with Gasteiger partial charge >= 0.3 is 12.0 Å². The third kappa shape index (κ3) is 4.71. The number of carboxylic acid groups (broad SMARTS) is 1. The summed E-state index contributed by atoms with van der Waals surface area (Å²) in [7, 11) is 0. The van der Waals surface area contributed by atoms with Crippen molar-refractivity contribution in [2.45, 2.75) is 6.23 Å². The molecule has 12 heteroatoms. The van der Waals surface area contributed by atoms with Crippen LogP contribution in [0.15, 0.2) is 66.5 Å². The number of carboxylic acids is 1. The fourth-order valence-corrected chi connectivity index (χ4v) is 3.74. The van der Waals surface area contributed by atoms with Crippen molar-refractivity contribution in [3.8, 4) is 0 Å². The summed E-state index contributed by atoms with van der Waals surface area (Å²) in [6, 6.07) is 14.7. The second-order valence-corrected chi connectivity index (χ2v) is 8.05. The summed E-state index contributed by atoms with van der Waals surface area (Å²) in [6.07, 6.45) is 1.92. The number of benzene rings is 2. The second-order valence-electron chi connectivity index (χ2n) is 7.61. The number of carbonyl (C=O) groups excluding carboxylic acids is 1. The van der Waals surface area contributed by atoms with Gasteiger partial charge in [0.1, 0.15) is 11.6 Å². The van der Waals surface area contributed by atoms with E-state index in [-0.39, 0.29) is 11.3 Å². The minimum absolute atomic E-state index is 0.127. The molecule has 3 heterocycles. The number of nitrogens with zero attached hydrogens (tertiary/aromatic N) is 3. The molecule has 0 saturated carbocycles. The standard InChI is InChI=1S/C23H18ClN7O4/c24-14-4-2-6-16(9-14)26-18-10-19(27-15-5-1-3-12(7-15)22(33)34)31-20(29-18)13(11-25-31)8-17-21(32)30-23(35)28-17/h1-11,21,27,32H,(H,26,29)(H,33,34)(H2,28,30,35)/b17-8-. The predicted molar refractivity (Wildman–Crippen MR) is 130 cm³/mol. The summed E-state index contributed by atoms with van der Waals surface area (Å²) >= 11 is 6.11. The Morgan fingerprint density at radius 1 is 1.11 bits per heavy atom. The molecule has 4 aromatic rings. The maximum atomic E-state index is 11.5. The molecular formula is C23H18ClN7O4. The number of hydrogen-bond acceptors (Lipinski definition) is 7. The molecule has 1 unspecified atom stereocenters. The van der Waals surface area contributed by atoms with Gasteiger partial charge in [0.2, 0.25) is 0 Å². The van der Waals surface area contributed by atoms with Crippen molar-refractivity contribution in [3.05, 3.63) is 82.6 Å². The van der Waals surface area contributed by atoms with E-state index in [0.29, 0.717) is 39.2 Å². The molecule has 5 rings (SSSR count). The van der Waals surface area contributed by atoms with Crippen molar-refractivity contribution in [3.63, 3.8) is 0 Å². The van der Waals surface area contributed by atoms with E-state index in [2.05, 4.69) is 31.3 Å². The average Bonchev–Trinajstić information content (AvgIpc) is 3.36. The number of aromatic carboxylic acids is 1. The molecule has 176 valence electrons. The number of carbonyl (C=O) groups is 2. The summed E-state index contributed by atoms with van der Waals surface area (Å²) in [5, 5.41) is 35.5. The number of aliphatic hydroxyl groups excluding tert-OH is 1. The molecule has 1 fully saturated rings. The Morgan fingerprint density at radius 2 is 1.89 bits per heavy atom. The number of rotatable bonds is 6. The quantitative estimate of drug-likeness (QED) is 0.239. The van der Waals surface area contributed by atoms with Gasteiger partial charge in [0.05, 0.1) is 17.5 Å². The van der Waals surface area contributed by atoms with Gasteiger partial charge in [-0.2, -0.15) is 9.61 Å². The summed E-state index contributed by atoms with van der Waals surface area (Å²) < 4.78 is 1.53. The normalized spacial score (nSPS) is 16.2. The fourth-order valence-electron chi connectivity index (χ4n) is 3.55. The summed E-state index contributed by atoms with van der Waals surface area (Å²) in [5.41, 5.74) is 2.56. The lowest BCUT2D eigenvalue weighted by Gasteiger charge is -2.13. The molecule has 2 aromatic heterocycles. The maximum absolute atomic E-state index is 11.5. The van der Waals surface area contributed by atoms with Crippen LogP contribution in [0.4, 0.5) is 27.8 Å². The largest absolute Gasteiger partial charge is 0.478 e. The Morgan fingerprint density at radius 3 is 2.60 bits per heavy atom. The van der Waals surface area contributed by atoms with E-state index in [0.717, 1.165) is 0 Å². The lowest BCUT2D eigenvalue weighted by Crippen LogP contribution is -2.25. The molecular weight excluding hydrogens is 474 g/mol. The third-order valence-corrected chi connectivity index (χ3v) is 5.34. The van der Waals surface area contributed by atoms with Gasteiger partial charge in [0.25, 0.3) is 0 Å². The van der Waals surface area contributed by atoms with E-state index in [1.165, 1.54) is 22.8 Å². The van der Waals surface area contributed by atoms with Crippen molar-refractivity contribution in [2.24, 2.45) is 0 Å². The molecule has 1 aliphatic heterocycles. The zero-order chi connectivity index (χ0) is 24.5. The Bertz CT molecular complexity index is 1500. The van der Waals surface area contributed by atoms with Crippen LogP contribution in [0.1, 0.15) is 15.9 Å². The number of aromatic nitrogens is 3. The van der Waals surface area contributed by atoms with Crippen molar-refractivity contribution in [1.82, 2.24) is 25.2 Å². The summed E-state index contributed by atoms with van der Waals surface area (Å²) in [5.74, 6) is -0.109. The smallest absolute Gasteiger partial charge is 0.335 e. The van der Waals surface area contributed by atoms with Gasteiger partial charge in [0, 0.05) is 28.0 Å². The van der Waals surface area contributed by atoms with E-state index in [4.69, 9.17) is 11.6 Å². The number of anilines is 4. The monoisotopic (exact) mass is 491 g/mol. The maximum Gasteiger partial charge on any atom is 0.335 e. The lowest BCUT2D eigenvalue weighted by molar-refractivity contribution is 0.0697. The molecule has 0 spiro atoms. The van der Waals surface area contributed by atoms with Crippen LogP contribution in [0, 0.1) is 0 Å². The Balaban J connectivity index is 1.60. The fraction of sp³-hybridized carbons (Fsp3) is 0.0435. The first-order valence-electron chi connectivity index (χ1n) is 10.3. The Labute approximate surface area is 203 Å². The summed E-state index contributed by atoms with van der Waals surface area (Å²) in [4.78, 5) is 27.6. The molecule has 0 bridgehead atoms. The molecule has 1 saturated heterocycles. The van der Waals surface area contributed by atoms with E-state index in [9.17, 15) is 19.8 Å². The minimum Gasteiger partial charge on any atom is -0.478 e. The van der Waals surface area contributed by atoms with Crippen LogP contribution in [0.3, 0.4) is 0 Å². The van der Waals surface area contributed by atoms with Crippen LogP contribution in [0.2, 0.25) is 5.02 Å². The van der Waals surface area contributed by atoms with Crippen LogP contribution in [-0.4, -0.2) is 43.0 Å². The lowest BCUT2D eigenvalue weighted by atomic mass is 10.2. The van der Waals surface area contributed by atoms with E-state index >= 15 is 0 Å². The molecule has 1 aliphatic rings. The third-order valence-electron chi connectivity index (χ3n) is 5.11. The van der Waals surface area contributed by atoms with Crippen molar-refractivity contribution >= 4 is 58.3 Å². The first kappa shape index (κ1) is 22.2. The van der Waals surface area contributed by atoms with Crippen LogP contribution in [0.5, 0.6) is 0 Å². The first-order chi connectivity index (χ1) is 16.9. The van der Waals surface area contributed by atoms with Gasteiger partial charge in [-0.25, -0.2) is 14.6 Å². The average molecular weight is 492 g/mol. The van der Waals surface area contributed by atoms with Gasteiger partial charge in [-0.05, 0) is 42.5 Å². The van der Waals surface area contributed by atoms with Crippen molar-refractivity contribution in [2.75, 3.05) is 10.6 Å². The zero-order valence-electron chi connectivity index (χ0n) is 17.9. The molecule has 2 aromatic carbocycles. The highest BCUT2D eigenvalue weighted by Gasteiger charge is 2.24. The van der Waals surface area contributed by atoms with Crippen LogP contribution in [0.25, 0.3) is 11.7 Å². The molecule has 0 radical (unpaired) electrons. The highest BCUT2D eigenvalue weighted by Crippen LogP contribution is 2.27. The van der Waals surface area contributed by atoms with Crippen LogP contribution >= 0.6 is 11.6 Å². The number of nitrogens with one attached hydrogen (secondary N) is 4. The molecule has 0 aliphatic carbocycles. The first-order valence-corrected chi connectivity index (χ1v) is 10.7. The number of aliphatic hydroxyl groups is 1. The number of urea groups is 1. The van der Waals surface area contributed by atoms with E-state index in [1.807, 2.05) is 6.07 Å². The van der Waals surface area contributed by atoms with E-state index < -0.39 is 18.2 Å².